The number of carbonyl (C=O) groups excluding carboxylic acids is 1. The number of hydrogen-bond acceptors (Lipinski definition) is 8. The van der Waals surface area contributed by atoms with Crippen LogP contribution in [0, 0.1) is 5.82 Å². The smallest absolute Gasteiger partial charge is 0.258 e. The largest absolute Gasteiger partial charge is 0.381 e. The van der Waals surface area contributed by atoms with Crippen molar-refractivity contribution in [2.75, 3.05) is 61.5 Å². The molecule has 0 spiro atoms. The second-order valence-corrected chi connectivity index (χ2v) is 13.2. The molecule has 4 aromatic rings. The van der Waals surface area contributed by atoms with Crippen LogP contribution >= 0.6 is 0 Å². The van der Waals surface area contributed by atoms with Crippen molar-refractivity contribution in [1.82, 2.24) is 15.1 Å². The van der Waals surface area contributed by atoms with Crippen molar-refractivity contribution in [3.63, 3.8) is 0 Å². The van der Waals surface area contributed by atoms with E-state index in [4.69, 9.17) is 4.74 Å². The highest BCUT2D eigenvalue weighted by Gasteiger charge is 2.23. The van der Waals surface area contributed by atoms with Crippen LogP contribution in [0.4, 0.5) is 21.6 Å². The summed E-state index contributed by atoms with van der Waals surface area (Å²) in [6.45, 7) is 8.47. The van der Waals surface area contributed by atoms with Gasteiger partial charge in [0.1, 0.15) is 5.82 Å². The summed E-state index contributed by atoms with van der Waals surface area (Å²) in [5, 5.41) is 14.0. The fraction of sp³-hybridized carbons (Fsp3) is 0.375. The van der Waals surface area contributed by atoms with E-state index in [0.29, 0.717) is 29.7 Å². The molecule has 0 atom stereocenters. The first-order valence-corrected chi connectivity index (χ1v) is 16.6. The SMILES string of the molecule is CCN1CCCN(c2ccc(C(=O)Nc3n[nH]c4ccc(S(=O)(=O)c5cccc(F)c5)cc34)c(NC3CCOCC3)c2)CC1. The summed E-state index contributed by atoms with van der Waals surface area (Å²) in [6, 6.07) is 15.4. The molecule has 3 heterocycles. The quantitative estimate of drug-likeness (QED) is 0.254. The van der Waals surface area contributed by atoms with Crippen molar-refractivity contribution < 1.29 is 22.3 Å². The van der Waals surface area contributed by atoms with E-state index in [9.17, 15) is 17.6 Å². The molecule has 0 unspecified atom stereocenters. The Kier molecular flexibility index (Phi) is 8.83. The van der Waals surface area contributed by atoms with Crippen LogP contribution in [-0.2, 0) is 14.6 Å². The van der Waals surface area contributed by atoms with E-state index in [1.165, 1.54) is 30.3 Å². The van der Waals surface area contributed by atoms with Gasteiger partial charge in [-0.3, -0.25) is 9.89 Å². The van der Waals surface area contributed by atoms with Gasteiger partial charge < -0.3 is 25.2 Å². The van der Waals surface area contributed by atoms with Crippen molar-refractivity contribution >= 4 is 43.8 Å². The molecule has 2 saturated heterocycles. The number of nitrogens with zero attached hydrogens (tertiary/aromatic N) is 3. The zero-order valence-corrected chi connectivity index (χ0v) is 25.5. The molecule has 44 heavy (non-hydrogen) atoms. The number of carbonyl (C=O) groups is 1. The summed E-state index contributed by atoms with van der Waals surface area (Å²) in [5.74, 6) is -0.807. The molecule has 0 saturated carbocycles. The van der Waals surface area contributed by atoms with Crippen molar-refractivity contribution in [2.45, 2.75) is 42.0 Å². The van der Waals surface area contributed by atoms with Crippen LogP contribution in [0.25, 0.3) is 10.9 Å². The molecule has 0 radical (unpaired) electrons. The van der Waals surface area contributed by atoms with Gasteiger partial charge in [-0.05, 0) is 86.9 Å². The summed E-state index contributed by atoms with van der Waals surface area (Å²) < 4.78 is 45.8. The molecule has 1 aromatic heterocycles. The van der Waals surface area contributed by atoms with E-state index < -0.39 is 15.7 Å². The summed E-state index contributed by atoms with van der Waals surface area (Å²) in [7, 11) is -4.00. The molecule has 2 aliphatic heterocycles. The molecule has 0 aliphatic carbocycles. The Labute approximate surface area is 256 Å². The summed E-state index contributed by atoms with van der Waals surface area (Å²) >= 11 is 0. The van der Waals surface area contributed by atoms with Crippen LogP contribution in [0.15, 0.2) is 70.5 Å². The predicted molar refractivity (Wildman–Crippen MR) is 169 cm³/mol. The average molecular weight is 621 g/mol. The summed E-state index contributed by atoms with van der Waals surface area (Å²) in [5.41, 5.74) is 2.81. The first kappa shape index (κ1) is 30.0. The van der Waals surface area contributed by atoms with Gasteiger partial charge in [0.15, 0.2) is 5.82 Å². The van der Waals surface area contributed by atoms with Gasteiger partial charge in [0.2, 0.25) is 9.84 Å². The second kappa shape index (κ2) is 12.9. The third kappa shape index (κ3) is 6.42. The van der Waals surface area contributed by atoms with Gasteiger partial charge in [-0.1, -0.05) is 13.0 Å². The topological polar surface area (TPSA) is 120 Å². The Morgan fingerprint density at radius 1 is 1.02 bits per heavy atom. The van der Waals surface area contributed by atoms with Gasteiger partial charge in [0, 0.05) is 55.7 Å². The zero-order chi connectivity index (χ0) is 30.7. The van der Waals surface area contributed by atoms with Gasteiger partial charge >= 0.3 is 0 Å². The normalized spacial score (nSPS) is 17.0. The molecule has 0 bridgehead atoms. The average Bonchev–Trinajstić information content (AvgIpc) is 3.27. The van der Waals surface area contributed by atoms with E-state index in [-0.39, 0.29) is 27.6 Å². The number of anilines is 3. The number of rotatable bonds is 8. The van der Waals surface area contributed by atoms with E-state index in [1.54, 1.807) is 6.07 Å². The number of amides is 1. The van der Waals surface area contributed by atoms with Crippen molar-refractivity contribution in [1.29, 1.82) is 0 Å². The van der Waals surface area contributed by atoms with Gasteiger partial charge in [0.25, 0.3) is 5.91 Å². The number of fused-ring (bicyclic) bond motifs is 1. The third-order valence-corrected chi connectivity index (χ3v) is 10.2. The number of ether oxygens (including phenoxy) is 1. The maximum atomic E-state index is 13.8. The molecule has 232 valence electrons. The van der Waals surface area contributed by atoms with Crippen LogP contribution in [0.5, 0.6) is 0 Å². The number of sulfone groups is 1. The maximum Gasteiger partial charge on any atom is 0.258 e. The van der Waals surface area contributed by atoms with E-state index in [1.807, 2.05) is 12.1 Å². The number of benzene rings is 3. The summed E-state index contributed by atoms with van der Waals surface area (Å²) in [6.07, 6.45) is 2.75. The third-order valence-electron chi connectivity index (χ3n) is 8.41. The van der Waals surface area contributed by atoms with Gasteiger partial charge in [0.05, 0.1) is 20.9 Å². The molecule has 2 aliphatic rings. The molecule has 6 rings (SSSR count). The number of hydrogen-bond donors (Lipinski definition) is 3. The van der Waals surface area contributed by atoms with E-state index >= 15 is 0 Å². The number of likely N-dealkylation sites (N-methyl/N-ethyl adjacent to an activating group) is 1. The molecule has 3 aromatic carbocycles. The Morgan fingerprint density at radius 2 is 1.84 bits per heavy atom. The molecule has 3 N–H and O–H groups in total. The fourth-order valence-electron chi connectivity index (χ4n) is 5.85. The first-order valence-electron chi connectivity index (χ1n) is 15.1. The van der Waals surface area contributed by atoms with Crippen molar-refractivity contribution in [2.24, 2.45) is 0 Å². The van der Waals surface area contributed by atoms with Crippen LogP contribution in [0.3, 0.4) is 0 Å². The lowest BCUT2D eigenvalue weighted by atomic mass is 10.1. The number of aromatic nitrogens is 2. The number of halogens is 1. The Balaban J connectivity index is 1.29. The molecular weight excluding hydrogens is 583 g/mol. The minimum atomic E-state index is -4.00. The maximum absolute atomic E-state index is 13.8. The molecule has 10 nitrogen and oxygen atoms in total. The highest BCUT2D eigenvalue weighted by Crippen LogP contribution is 2.31. The van der Waals surface area contributed by atoms with E-state index in [0.717, 1.165) is 69.4 Å². The highest BCUT2D eigenvalue weighted by molar-refractivity contribution is 7.91. The van der Waals surface area contributed by atoms with Crippen molar-refractivity contribution in [3.05, 3.63) is 72.0 Å². The Bertz CT molecular complexity index is 1750. The number of H-pyrrole nitrogens is 1. The van der Waals surface area contributed by atoms with Crippen LogP contribution < -0.4 is 15.5 Å². The standard InChI is InChI=1S/C32H37FN6O4S/c1-2-38-13-4-14-39(16-15-38)24-7-9-27(30(20-24)34-23-11-17-43-18-12-23)32(40)35-31-28-21-26(8-10-29(28)36-37-31)44(41,42)25-6-3-5-22(33)19-25/h3,5-10,19-21,23,34H,2,4,11-18H2,1H3,(H2,35,36,37,40). The monoisotopic (exact) mass is 620 g/mol. The molecular formula is C32H37FN6O4S. The molecule has 12 heteroatoms. The second-order valence-electron chi connectivity index (χ2n) is 11.2. The Hall–Kier alpha value is -4.00. The van der Waals surface area contributed by atoms with Gasteiger partial charge in [-0.2, -0.15) is 5.10 Å². The number of aromatic amines is 1. The van der Waals surface area contributed by atoms with Crippen LogP contribution in [0.2, 0.25) is 0 Å². The van der Waals surface area contributed by atoms with Crippen molar-refractivity contribution in [3.8, 4) is 0 Å². The number of nitrogens with one attached hydrogen (secondary N) is 3. The minimum absolute atomic E-state index is 0.0298. The lowest BCUT2D eigenvalue weighted by Gasteiger charge is -2.28. The lowest BCUT2D eigenvalue weighted by molar-refractivity contribution is 0.0904. The van der Waals surface area contributed by atoms with Gasteiger partial charge in [-0.25, -0.2) is 12.8 Å². The predicted octanol–water partition coefficient (Wildman–Crippen LogP) is 4.91. The first-order chi connectivity index (χ1) is 21.3. The zero-order valence-electron chi connectivity index (χ0n) is 24.7. The lowest BCUT2D eigenvalue weighted by Crippen LogP contribution is -2.31. The van der Waals surface area contributed by atoms with Crippen LogP contribution in [0.1, 0.15) is 36.5 Å². The minimum Gasteiger partial charge on any atom is -0.381 e. The highest BCUT2D eigenvalue weighted by atomic mass is 32.2. The molecule has 1 amide bonds. The van der Waals surface area contributed by atoms with Gasteiger partial charge in [-0.15, -0.1) is 0 Å². The molecule has 2 fully saturated rings. The summed E-state index contributed by atoms with van der Waals surface area (Å²) in [4.78, 5) is 18.4. The van der Waals surface area contributed by atoms with E-state index in [2.05, 4.69) is 43.6 Å². The fourth-order valence-corrected chi connectivity index (χ4v) is 7.17. The Morgan fingerprint density at radius 3 is 2.64 bits per heavy atom. The van der Waals surface area contributed by atoms with Crippen LogP contribution in [-0.4, -0.2) is 81.4 Å².